The van der Waals surface area contributed by atoms with E-state index in [4.69, 9.17) is 0 Å². The van der Waals surface area contributed by atoms with E-state index in [1.807, 2.05) is 36.4 Å². The molecule has 2 N–H and O–H groups in total. The second-order valence-electron chi connectivity index (χ2n) is 7.34. The van der Waals surface area contributed by atoms with Gasteiger partial charge in [-0.15, -0.1) is 0 Å². The number of aromatic nitrogens is 4. The van der Waals surface area contributed by atoms with Gasteiger partial charge in [0, 0.05) is 28.8 Å². The molecule has 29 heavy (non-hydrogen) atoms. The molecule has 1 saturated carbocycles. The van der Waals surface area contributed by atoms with Crippen LogP contribution in [0.25, 0.3) is 21.9 Å². The third kappa shape index (κ3) is 3.54. The zero-order valence-electron chi connectivity index (χ0n) is 15.6. The number of carbonyl (C=O) groups is 1. The Kier molecular flexibility index (Phi) is 4.20. The van der Waals surface area contributed by atoms with Crippen molar-refractivity contribution in [3.8, 4) is 11.1 Å². The molecular weight excluding hydrogens is 366 g/mol. The Balaban J connectivity index is 1.46. The predicted molar refractivity (Wildman–Crippen MR) is 110 cm³/mol. The van der Waals surface area contributed by atoms with Gasteiger partial charge in [0.15, 0.2) is 0 Å². The molecule has 1 amide bonds. The summed E-state index contributed by atoms with van der Waals surface area (Å²) in [6, 6.07) is 13.3. The van der Waals surface area contributed by atoms with Crippen molar-refractivity contribution >= 4 is 16.7 Å². The third-order valence-electron chi connectivity index (χ3n) is 5.12. The number of carbonyl (C=O) groups excluding carboxylic acids is 1. The van der Waals surface area contributed by atoms with Crippen molar-refractivity contribution in [2.24, 2.45) is 0 Å². The van der Waals surface area contributed by atoms with E-state index in [9.17, 15) is 9.59 Å². The molecule has 0 spiro atoms. The van der Waals surface area contributed by atoms with Gasteiger partial charge in [-0.25, -0.2) is 4.68 Å². The molecule has 7 nitrogen and oxygen atoms in total. The normalized spacial score (nSPS) is 13.5. The van der Waals surface area contributed by atoms with Gasteiger partial charge >= 0.3 is 0 Å². The molecule has 0 unspecified atom stereocenters. The Morgan fingerprint density at radius 2 is 2.03 bits per heavy atom. The van der Waals surface area contributed by atoms with Crippen molar-refractivity contribution in [1.82, 2.24) is 25.3 Å². The number of nitrogens with zero attached hydrogens (tertiary/aromatic N) is 3. The molecule has 0 bridgehead atoms. The topological polar surface area (TPSA) is 92.7 Å². The number of nitrogens with one attached hydrogen (secondary N) is 2. The third-order valence-corrected chi connectivity index (χ3v) is 5.12. The second-order valence-corrected chi connectivity index (χ2v) is 7.34. The fourth-order valence-corrected chi connectivity index (χ4v) is 3.36. The predicted octanol–water partition coefficient (Wildman–Crippen LogP) is 2.73. The van der Waals surface area contributed by atoms with Gasteiger partial charge in [-0.05, 0) is 42.2 Å². The van der Waals surface area contributed by atoms with Gasteiger partial charge in [-0.2, -0.15) is 10.2 Å². The zero-order valence-corrected chi connectivity index (χ0v) is 15.6. The van der Waals surface area contributed by atoms with E-state index in [2.05, 4.69) is 20.6 Å². The van der Waals surface area contributed by atoms with Crippen molar-refractivity contribution in [2.75, 3.05) is 0 Å². The molecule has 1 aliphatic carbocycles. The number of rotatable bonds is 5. The molecule has 0 radical (unpaired) electrons. The molecule has 0 saturated heterocycles. The maximum Gasteiger partial charge on any atom is 0.274 e. The number of aromatic amines is 1. The lowest BCUT2D eigenvalue weighted by atomic mass is 10.1. The van der Waals surface area contributed by atoms with Crippen molar-refractivity contribution in [3.63, 3.8) is 0 Å². The van der Waals surface area contributed by atoms with Crippen LogP contribution in [0.5, 0.6) is 0 Å². The number of hydrogen-bond acceptors (Lipinski definition) is 4. The van der Waals surface area contributed by atoms with Crippen molar-refractivity contribution in [1.29, 1.82) is 0 Å². The van der Waals surface area contributed by atoms with E-state index in [0.29, 0.717) is 23.5 Å². The Bertz CT molecular complexity index is 1260. The standard InChI is InChI=1S/C22H19N5O2/c28-21(26-19-6-7-19)16-3-1-2-14(8-16)13-27-22(29)20-9-15(18-10-23-24-11-18)4-5-17(20)12-25-27/h1-5,8-12,19H,6-7,13H2,(H,23,24)(H,26,28). The van der Waals surface area contributed by atoms with Gasteiger partial charge < -0.3 is 5.32 Å². The van der Waals surface area contributed by atoms with E-state index < -0.39 is 0 Å². The lowest BCUT2D eigenvalue weighted by molar-refractivity contribution is 0.0951. The monoisotopic (exact) mass is 385 g/mol. The van der Waals surface area contributed by atoms with E-state index in [-0.39, 0.29) is 11.5 Å². The molecule has 2 aromatic heterocycles. The minimum absolute atomic E-state index is 0.0714. The van der Waals surface area contributed by atoms with Crippen molar-refractivity contribution in [2.45, 2.75) is 25.4 Å². The highest BCUT2D eigenvalue weighted by Crippen LogP contribution is 2.22. The fourth-order valence-electron chi connectivity index (χ4n) is 3.36. The average molecular weight is 385 g/mol. The zero-order chi connectivity index (χ0) is 19.8. The molecule has 0 atom stereocenters. The first-order valence-electron chi connectivity index (χ1n) is 9.56. The maximum absolute atomic E-state index is 13.0. The van der Waals surface area contributed by atoms with Crippen LogP contribution in [0.15, 0.2) is 65.8 Å². The molecule has 1 aliphatic rings. The summed E-state index contributed by atoms with van der Waals surface area (Å²) in [5, 5.41) is 15.4. The molecule has 2 heterocycles. The van der Waals surface area contributed by atoms with Crippen LogP contribution >= 0.6 is 0 Å². The van der Waals surface area contributed by atoms with Crippen LogP contribution in [-0.4, -0.2) is 31.9 Å². The van der Waals surface area contributed by atoms with E-state index in [0.717, 1.165) is 34.9 Å². The van der Waals surface area contributed by atoms with Gasteiger partial charge in [0.2, 0.25) is 0 Å². The lowest BCUT2D eigenvalue weighted by Crippen LogP contribution is -2.26. The van der Waals surface area contributed by atoms with Gasteiger partial charge in [0.1, 0.15) is 0 Å². The first-order chi connectivity index (χ1) is 14.2. The number of hydrogen-bond donors (Lipinski definition) is 2. The van der Waals surface area contributed by atoms with Crippen LogP contribution in [0, 0.1) is 0 Å². The molecule has 5 rings (SSSR count). The molecule has 144 valence electrons. The second kappa shape index (κ2) is 7.01. The maximum atomic E-state index is 13.0. The lowest BCUT2D eigenvalue weighted by Gasteiger charge is -2.09. The van der Waals surface area contributed by atoms with Crippen LogP contribution in [0.2, 0.25) is 0 Å². The summed E-state index contributed by atoms with van der Waals surface area (Å²) < 4.78 is 1.43. The summed E-state index contributed by atoms with van der Waals surface area (Å²) >= 11 is 0. The summed E-state index contributed by atoms with van der Waals surface area (Å²) in [5.74, 6) is -0.0714. The van der Waals surface area contributed by atoms with Crippen molar-refractivity contribution in [3.05, 3.63) is 82.5 Å². The highest BCUT2D eigenvalue weighted by Gasteiger charge is 2.23. The van der Waals surface area contributed by atoms with Crippen LogP contribution in [-0.2, 0) is 6.54 Å². The minimum atomic E-state index is -0.166. The summed E-state index contributed by atoms with van der Waals surface area (Å²) in [7, 11) is 0. The van der Waals surface area contributed by atoms with E-state index in [1.54, 1.807) is 24.7 Å². The average Bonchev–Trinajstić information content (AvgIpc) is 3.38. The van der Waals surface area contributed by atoms with Crippen LogP contribution in [0.4, 0.5) is 0 Å². The molecule has 2 aromatic carbocycles. The summed E-state index contributed by atoms with van der Waals surface area (Å²) in [5.41, 5.74) is 3.13. The van der Waals surface area contributed by atoms with Gasteiger partial charge in [0.25, 0.3) is 11.5 Å². The largest absolute Gasteiger partial charge is 0.349 e. The summed E-state index contributed by atoms with van der Waals surface area (Å²) in [4.78, 5) is 25.3. The fraction of sp³-hybridized carbons (Fsp3) is 0.182. The Labute approximate surface area is 166 Å². The van der Waals surface area contributed by atoms with E-state index >= 15 is 0 Å². The number of fused-ring (bicyclic) bond motifs is 1. The molecule has 7 heteroatoms. The molecule has 0 aliphatic heterocycles. The first-order valence-corrected chi connectivity index (χ1v) is 9.56. The van der Waals surface area contributed by atoms with Crippen LogP contribution in [0.3, 0.4) is 0 Å². The smallest absolute Gasteiger partial charge is 0.274 e. The van der Waals surface area contributed by atoms with Crippen LogP contribution in [0.1, 0.15) is 28.8 Å². The summed E-state index contributed by atoms with van der Waals surface area (Å²) in [6.07, 6.45) is 7.29. The SMILES string of the molecule is O=C(NC1CC1)c1cccc(Cn2ncc3ccc(-c4cn[nH]c4)cc3c2=O)c1. The Hall–Kier alpha value is -3.74. The highest BCUT2D eigenvalue weighted by atomic mass is 16.2. The van der Waals surface area contributed by atoms with Gasteiger partial charge in [-0.1, -0.05) is 24.3 Å². The number of benzene rings is 2. The van der Waals surface area contributed by atoms with Crippen LogP contribution < -0.4 is 10.9 Å². The molecular formula is C22H19N5O2. The molecule has 1 fully saturated rings. The first kappa shape index (κ1) is 17.4. The molecule has 4 aromatic rings. The number of H-pyrrole nitrogens is 1. The minimum Gasteiger partial charge on any atom is -0.349 e. The number of amides is 1. The van der Waals surface area contributed by atoms with E-state index in [1.165, 1.54) is 4.68 Å². The Morgan fingerprint density at radius 3 is 2.83 bits per heavy atom. The quantitative estimate of drug-likeness (QED) is 0.552. The van der Waals surface area contributed by atoms with Crippen molar-refractivity contribution < 1.29 is 4.79 Å². The Morgan fingerprint density at radius 1 is 1.14 bits per heavy atom. The van der Waals surface area contributed by atoms with Gasteiger partial charge in [-0.3, -0.25) is 14.7 Å². The van der Waals surface area contributed by atoms with Gasteiger partial charge in [0.05, 0.1) is 24.3 Å². The summed E-state index contributed by atoms with van der Waals surface area (Å²) in [6.45, 7) is 0.301. The highest BCUT2D eigenvalue weighted by molar-refractivity contribution is 5.94.